The van der Waals surface area contributed by atoms with Crippen molar-refractivity contribution in [1.29, 1.82) is 0 Å². The molecule has 1 rings (SSSR count). The number of carboxylic acid groups (broad SMARTS) is 1. The molecule has 0 bridgehead atoms. The van der Waals surface area contributed by atoms with Crippen LogP contribution >= 0.6 is 0 Å². The van der Waals surface area contributed by atoms with E-state index in [0.717, 1.165) is 19.3 Å². The number of carboxylic acids is 1. The molecule has 0 aliphatic carbocycles. The summed E-state index contributed by atoms with van der Waals surface area (Å²) in [5, 5.41) is 11.6. The summed E-state index contributed by atoms with van der Waals surface area (Å²) in [6.07, 6.45) is 2.21. The molecule has 2 atom stereocenters. The Kier molecular flexibility index (Phi) is 3.49. The van der Waals surface area contributed by atoms with E-state index in [2.05, 4.69) is 12.2 Å². The first kappa shape index (κ1) is 9.48. The Balaban J connectivity index is 2.35. The van der Waals surface area contributed by atoms with E-state index < -0.39 is 12.2 Å². The first-order valence-corrected chi connectivity index (χ1v) is 4.34. The van der Waals surface area contributed by atoms with Gasteiger partial charge in [0.05, 0.1) is 6.61 Å². The van der Waals surface area contributed by atoms with Gasteiger partial charge in [-0.15, -0.1) is 0 Å². The van der Waals surface area contributed by atoms with Crippen LogP contribution in [-0.4, -0.2) is 30.0 Å². The fourth-order valence-electron chi connectivity index (χ4n) is 1.39. The lowest BCUT2D eigenvalue weighted by Crippen LogP contribution is -2.49. The summed E-state index contributed by atoms with van der Waals surface area (Å²) in [4.78, 5) is 10.5. The SMILES string of the molecule is CCCC1CCOC(C(=O)O)N1. The topological polar surface area (TPSA) is 58.6 Å². The van der Waals surface area contributed by atoms with Crippen LogP contribution in [0.15, 0.2) is 0 Å². The van der Waals surface area contributed by atoms with E-state index in [4.69, 9.17) is 9.84 Å². The second kappa shape index (κ2) is 4.42. The average molecular weight is 173 g/mol. The average Bonchev–Trinajstić information content (AvgIpc) is 2.05. The largest absolute Gasteiger partial charge is 0.478 e. The lowest BCUT2D eigenvalue weighted by atomic mass is 10.1. The molecule has 0 aromatic heterocycles. The molecular formula is C8H15NO3. The van der Waals surface area contributed by atoms with Crippen molar-refractivity contribution in [2.75, 3.05) is 6.61 Å². The minimum Gasteiger partial charge on any atom is -0.478 e. The number of rotatable bonds is 3. The molecule has 0 radical (unpaired) electrons. The first-order chi connectivity index (χ1) is 5.74. The van der Waals surface area contributed by atoms with Gasteiger partial charge in [0.2, 0.25) is 6.23 Å². The fraction of sp³-hybridized carbons (Fsp3) is 0.875. The van der Waals surface area contributed by atoms with Gasteiger partial charge in [0, 0.05) is 6.04 Å². The maximum Gasteiger partial charge on any atom is 0.348 e. The van der Waals surface area contributed by atoms with Gasteiger partial charge < -0.3 is 9.84 Å². The molecule has 12 heavy (non-hydrogen) atoms. The number of carbonyl (C=O) groups is 1. The minimum absolute atomic E-state index is 0.310. The van der Waals surface area contributed by atoms with E-state index in [9.17, 15) is 4.79 Å². The summed E-state index contributed by atoms with van der Waals surface area (Å²) in [6.45, 7) is 2.64. The Hall–Kier alpha value is -0.610. The van der Waals surface area contributed by atoms with Crippen molar-refractivity contribution in [3.63, 3.8) is 0 Å². The number of hydrogen-bond acceptors (Lipinski definition) is 3. The molecule has 1 aliphatic heterocycles. The summed E-state index contributed by atoms with van der Waals surface area (Å²) in [5.74, 6) is -0.921. The van der Waals surface area contributed by atoms with Crippen molar-refractivity contribution in [2.24, 2.45) is 0 Å². The summed E-state index contributed by atoms with van der Waals surface area (Å²) < 4.78 is 5.01. The lowest BCUT2D eigenvalue weighted by molar-refractivity contribution is -0.157. The second-order valence-electron chi connectivity index (χ2n) is 3.03. The summed E-state index contributed by atoms with van der Waals surface area (Å²) >= 11 is 0. The molecule has 0 spiro atoms. The van der Waals surface area contributed by atoms with Crippen LogP contribution in [-0.2, 0) is 9.53 Å². The van der Waals surface area contributed by atoms with Crippen molar-refractivity contribution < 1.29 is 14.6 Å². The van der Waals surface area contributed by atoms with Gasteiger partial charge >= 0.3 is 5.97 Å². The van der Waals surface area contributed by atoms with Gasteiger partial charge in [0.1, 0.15) is 0 Å². The number of hydrogen-bond donors (Lipinski definition) is 2. The third-order valence-electron chi connectivity index (χ3n) is 2.00. The van der Waals surface area contributed by atoms with Crippen LogP contribution in [0.1, 0.15) is 26.2 Å². The molecule has 1 fully saturated rings. The quantitative estimate of drug-likeness (QED) is 0.655. The molecule has 0 amide bonds. The van der Waals surface area contributed by atoms with E-state index in [1.54, 1.807) is 0 Å². The zero-order valence-corrected chi connectivity index (χ0v) is 7.25. The number of aliphatic carboxylic acids is 1. The molecule has 2 unspecified atom stereocenters. The van der Waals surface area contributed by atoms with Crippen molar-refractivity contribution in [3.05, 3.63) is 0 Å². The van der Waals surface area contributed by atoms with Gasteiger partial charge in [-0.05, 0) is 12.8 Å². The zero-order valence-electron chi connectivity index (χ0n) is 7.25. The molecule has 0 saturated carbocycles. The third-order valence-corrected chi connectivity index (χ3v) is 2.00. The molecule has 0 aromatic carbocycles. The zero-order chi connectivity index (χ0) is 8.97. The van der Waals surface area contributed by atoms with Gasteiger partial charge in [0.25, 0.3) is 0 Å². The Morgan fingerprint density at radius 1 is 1.75 bits per heavy atom. The minimum atomic E-state index is -0.921. The van der Waals surface area contributed by atoms with E-state index in [1.807, 2.05) is 0 Å². The molecule has 70 valence electrons. The van der Waals surface area contributed by atoms with Crippen LogP contribution < -0.4 is 5.32 Å². The van der Waals surface area contributed by atoms with Crippen molar-refractivity contribution in [1.82, 2.24) is 5.32 Å². The van der Waals surface area contributed by atoms with E-state index in [0.29, 0.717) is 12.6 Å². The predicted octanol–water partition coefficient (Wildman–Crippen LogP) is 0.576. The molecule has 1 saturated heterocycles. The van der Waals surface area contributed by atoms with Gasteiger partial charge in [-0.2, -0.15) is 0 Å². The number of nitrogens with one attached hydrogen (secondary N) is 1. The first-order valence-electron chi connectivity index (χ1n) is 4.34. The highest BCUT2D eigenvalue weighted by atomic mass is 16.5. The summed E-state index contributed by atoms with van der Waals surface area (Å²) in [7, 11) is 0. The van der Waals surface area contributed by atoms with E-state index >= 15 is 0 Å². The van der Waals surface area contributed by atoms with Crippen molar-refractivity contribution in [2.45, 2.75) is 38.5 Å². The van der Waals surface area contributed by atoms with Gasteiger partial charge in [0.15, 0.2) is 0 Å². The standard InChI is InChI=1S/C8H15NO3/c1-2-3-6-4-5-12-7(9-6)8(10)11/h6-7,9H,2-5H2,1H3,(H,10,11). The maximum atomic E-state index is 10.5. The Morgan fingerprint density at radius 2 is 2.50 bits per heavy atom. The van der Waals surface area contributed by atoms with Crippen LogP contribution in [0.4, 0.5) is 0 Å². The van der Waals surface area contributed by atoms with Crippen molar-refractivity contribution >= 4 is 5.97 Å². The lowest BCUT2D eigenvalue weighted by Gasteiger charge is -2.28. The van der Waals surface area contributed by atoms with Gasteiger partial charge in [-0.1, -0.05) is 13.3 Å². The molecule has 4 nitrogen and oxygen atoms in total. The van der Waals surface area contributed by atoms with Crippen molar-refractivity contribution in [3.8, 4) is 0 Å². The summed E-state index contributed by atoms with van der Waals surface area (Å²) in [6, 6.07) is 0.310. The predicted molar refractivity (Wildman–Crippen MR) is 43.8 cm³/mol. The Labute approximate surface area is 71.9 Å². The smallest absolute Gasteiger partial charge is 0.348 e. The van der Waals surface area contributed by atoms with Crippen LogP contribution in [0.25, 0.3) is 0 Å². The van der Waals surface area contributed by atoms with Gasteiger partial charge in [-0.25, -0.2) is 4.79 Å². The number of ether oxygens (including phenoxy) is 1. The third kappa shape index (κ3) is 2.46. The Morgan fingerprint density at radius 3 is 3.08 bits per heavy atom. The highest BCUT2D eigenvalue weighted by molar-refractivity contribution is 5.71. The van der Waals surface area contributed by atoms with E-state index in [1.165, 1.54) is 0 Å². The fourth-order valence-corrected chi connectivity index (χ4v) is 1.39. The highest BCUT2D eigenvalue weighted by Gasteiger charge is 2.25. The van der Waals surface area contributed by atoms with Crippen LogP contribution in [0.5, 0.6) is 0 Å². The molecule has 1 aliphatic rings. The normalized spacial score (nSPS) is 30.1. The molecule has 1 heterocycles. The van der Waals surface area contributed by atoms with Crippen LogP contribution in [0.2, 0.25) is 0 Å². The van der Waals surface area contributed by atoms with Crippen LogP contribution in [0, 0.1) is 0 Å². The monoisotopic (exact) mass is 173 g/mol. The molecule has 0 aromatic rings. The molecule has 2 N–H and O–H groups in total. The second-order valence-corrected chi connectivity index (χ2v) is 3.03. The van der Waals surface area contributed by atoms with Gasteiger partial charge in [-0.3, -0.25) is 5.32 Å². The van der Waals surface area contributed by atoms with Crippen LogP contribution in [0.3, 0.4) is 0 Å². The maximum absolute atomic E-state index is 10.5. The Bertz CT molecular complexity index is 158. The van der Waals surface area contributed by atoms with E-state index in [-0.39, 0.29) is 0 Å². The molecule has 4 heteroatoms. The summed E-state index contributed by atoms with van der Waals surface area (Å²) in [5.41, 5.74) is 0. The molecular weight excluding hydrogens is 158 g/mol. The highest BCUT2D eigenvalue weighted by Crippen LogP contribution is 2.09.